The third-order valence-corrected chi connectivity index (χ3v) is 6.43. The van der Waals surface area contributed by atoms with Gasteiger partial charge in [0.2, 0.25) is 5.91 Å². The Labute approximate surface area is 158 Å². The zero-order valence-electron chi connectivity index (χ0n) is 14.4. The number of hydrogen-bond donors (Lipinski definition) is 0. The number of benzene rings is 2. The molecule has 1 atom stereocenters. The van der Waals surface area contributed by atoms with Crippen LogP contribution in [0.15, 0.2) is 53.4 Å². The molecule has 1 amide bonds. The van der Waals surface area contributed by atoms with Crippen molar-refractivity contribution in [1.82, 2.24) is 4.90 Å². The summed E-state index contributed by atoms with van der Waals surface area (Å²) in [6.45, 7) is 0.561. The molecule has 2 aromatic rings. The smallest absolute Gasteiger partial charge is 0.238 e. The summed E-state index contributed by atoms with van der Waals surface area (Å²) in [5.41, 5.74) is 0.987. The summed E-state index contributed by atoms with van der Waals surface area (Å²) < 4.78 is 30.2. The highest BCUT2D eigenvalue weighted by atomic mass is 35.5. The number of nitrogens with zero attached hydrogens (tertiary/aromatic N) is 1. The normalized spacial score (nSPS) is 17.3. The number of rotatable bonds is 5. The molecule has 7 heteroatoms. The van der Waals surface area contributed by atoms with E-state index in [-0.39, 0.29) is 16.8 Å². The quantitative estimate of drug-likeness (QED) is 0.780. The standard InChI is InChI=1S/C19H20ClNO4S/c1-25-16-8-4-14(5-9-16)18-3-2-12-21(18)19(22)13-26(23,24)17-10-6-15(20)7-11-17/h4-11,18H,2-3,12-13H2,1H3. The van der Waals surface area contributed by atoms with Gasteiger partial charge in [-0.2, -0.15) is 0 Å². The Bertz CT molecular complexity index is 879. The molecule has 1 saturated heterocycles. The van der Waals surface area contributed by atoms with Crippen LogP contribution in [0.5, 0.6) is 5.75 Å². The molecule has 1 aliphatic heterocycles. The summed E-state index contributed by atoms with van der Waals surface area (Å²) in [5.74, 6) is -0.172. The number of ether oxygens (including phenoxy) is 1. The third kappa shape index (κ3) is 4.02. The number of hydrogen-bond acceptors (Lipinski definition) is 4. The van der Waals surface area contributed by atoms with Crippen molar-refractivity contribution in [2.24, 2.45) is 0 Å². The van der Waals surface area contributed by atoms with E-state index in [1.54, 1.807) is 12.0 Å². The minimum absolute atomic E-state index is 0.103. The van der Waals surface area contributed by atoms with Gasteiger partial charge in [-0.3, -0.25) is 4.79 Å². The average Bonchev–Trinajstić information content (AvgIpc) is 3.12. The molecule has 5 nitrogen and oxygen atoms in total. The van der Waals surface area contributed by atoms with E-state index in [2.05, 4.69) is 0 Å². The lowest BCUT2D eigenvalue weighted by atomic mass is 10.0. The van der Waals surface area contributed by atoms with Crippen LogP contribution in [0.1, 0.15) is 24.4 Å². The van der Waals surface area contributed by atoms with Gasteiger partial charge in [-0.15, -0.1) is 0 Å². The van der Waals surface area contributed by atoms with Crippen molar-refractivity contribution >= 4 is 27.3 Å². The fourth-order valence-corrected chi connectivity index (χ4v) is 4.54. The van der Waals surface area contributed by atoms with E-state index in [4.69, 9.17) is 16.3 Å². The van der Waals surface area contributed by atoms with Crippen LogP contribution in [0, 0.1) is 0 Å². The molecule has 3 rings (SSSR count). The zero-order valence-corrected chi connectivity index (χ0v) is 16.0. The Morgan fingerprint density at radius 2 is 1.81 bits per heavy atom. The minimum Gasteiger partial charge on any atom is -0.497 e. The molecule has 138 valence electrons. The highest BCUT2D eigenvalue weighted by Gasteiger charge is 2.32. The van der Waals surface area contributed by atoms with Gasteiger partial charge in [0.05, 0.1) is 18.0 Å². The van der Waals surface area contributed by atoms with Crippen LogP contribution in [0.25, 0.3) is 0 Å². The summed E-state index contributed by atoms with van der Waals surface area (Å²) in [4.78, 5) is 14.5. The first kappa shape index (κ1) is 18.7. The molecule has 1 heterocycles. The van der Waals surface area contributed by atoms with Crippen molar-refractivity contribution in [3.05, 3.63) is 59.1 Å². The molecule has 0 radical (unpaired) electrons. The number of halogens is 1. The SMILES string of the molecule is COc1ccc(C2CCCN2C(=O)CS(=O)(=O)c2ccc(Cl)cc2)cc1. The molecule has 0 N–H and O–H groups in total. The number of methoxy groups -OCH3 is 1. The van der Waals surface area contributed by atoms with Crippen LogP contribution in [-0.4, -0.2) is 38.6 Å². The maximum atomic E-state index is 12.7. The second kappa shape index (κ2) is 7.68. The van der Waals surface area contributed by atoms with Crippen molar-refractivity contribution in [3.8, 4) is 5.75 Å². The number of likely N-dealkylation sites (tertiary alicyclic amines) is 1. The molecule has 0 aliphatic carbocycles. The number of amides is 1. The highest BCUT2D eigenvalue weighted by molar-refractivity contribution is 7.92. The van der Waals surface area contributed by atoms with Gasteiger partial charge < -0.3 is 9.64 Å². The van der Waals surface area contributed by atoms with E-state index in [9.17, 15) is 13.2 Å². The van der Waals surface area contributed by atoms with Crippen LogP contribution >= 0.6 is 11.6 Å². The third-order valence-electron chi connectivity index (χ3n) is 4.56. The van der Waals surface area contributed by atoms with Crippen LogP contribution in [0.4, 0.5) is 0 Å². The van der Waals surface area contributed by atoms with E-state index in [0.29, 0.717) is 11.6 Å². The molecule has 2 aromatic carbocycles. The maximum absolute atomic E-state index is 12.7. The van der Waals surface area contributed by atoms with E-state index in [1.165, 1.54) is 24.3 Å². The topological polar surface area (TPSA) is 63.7 Å². The summed E-state index contributed by atoms with van der Waals surface area (Å²) in [6, 6.07) is 13.3. The zero-order chi connectivity index (χ0) is 18.7. The Hall–Kier alpha value is -2.05. The number of carbonyl (C=O) groups excluding carboxylic acids is 1. The lowest BCUT2D eigenvalue weighted by molar-refractivity contribution is -0.129. The van der Waals surface area contributed by atoms with Gasteiger partial charge in [0.15, 0.2) is 9.84 Å². The predicted molar refractivity (Wildman–Crippen MR) is 100 cm³/mol. The van der Waals surface area contributed by atoms with Gasteiger partial charge in [-0.1, -0.05) is 23.7 Å². The molecule has 0 aromatic heterocycles. The van der Waals surface area contributed by atoms with Gasteiger partial charge in [0.1, 0.15) is 11.5 Å². The van der Waals surface area contributed by atoms with E-state index in [0.717, 1.165) is 24.2 Å². The van der Waals surface area contributed by atoms with Crippen molar-refractivity contribution in [1.29, 1.82) is 0 Å². The van der Waals surface area contributed by atoms with Crippen molar-refractivity contribution in [2.75, 3.05) is 19.4 Å². The first-order valence-corrected chi connectivity index (χ1v) is 10.4. The Morgan fingerprint density at radius 1 is 1.15 bits per heavy atom. The first-order chi connectivity index (χ1) is 12.4. The van der Waals surface area contributed by atoms with Gasteiger partial charge in [-0.25, -0.2) is 8.42 Å². The molecule has 0 saturated carbocycles. The molecule has 26 heavy (non-hydrogen) atoms. The minimum atomic E-state index is -3.70. The Morgan fingerprint density at radius 3 is 2.42 bits per heavy atom. The lowest BCUT2D eigenvalue weighted by Crippen LogP contribution is -2.35. The number of carbonyl (C=O) groups is 1. The summed E-state index contributed by atoms with van der Waals surface area (Å²) in [7, 11) is -2.10. The molecule has 0 bridgehead atoms. The van der Waals surface area contributed by atoms with Crippen LogP contribution in [0.2, 0.25) is 5.02 Å². The van der Waals surface area contributed by atoms with Crippen molar-refractivity contribution < 1.29 is 17.9 Å². The van der Waals surface area contributed by atoms with Gasteiger partial charge in [0.25, 0.3) is 0 Å². The summed E-state index contributed by atoms with van der Waals surface area (Å²) in [6.07, 6.45) is 1.67. The highest BCUT2D eigenvalue weighted by Crippen LogP contribution is 2.33. The van der Waals surface area contributed by atoms with Gasteiger partial charge >= 0.3 is 0 Å². The second-order valence-electron chi connectivity index (χ2n) is 6.23. The van der Waals surface area contributed by atoms with Crippen LogP contribution in [0.3, 0.4) is 0 Å². The van der Waals surface area contributed by atoms with E-state index in [1.807, 2.05) is 24.3 Å². The molecule has 1 aliphatic rings. The fourth-order valence-electron chi connectivity index (χ4n) is 3.21. The molecule has 1 fully saturated rings. The monoisotopic (exact) mass is 393 g/mol. The van der Waals surface area contributed by atoms with E-state index < -0.39 is 15.6 Å². The maximum Gasteiger partial charge on any atom is 0.238 e. The van der Waals surface area contributed by atoms with Crippen LogP contribution in [-0.2, 0) is 14.6 Å². The Kier molecular flexibility index (Phi) is 5.53. The number of sulfone groups is 1. The molecule has 0 spiro atoms. The van der Waals surface area contributed by atoms with Gasteiger partial charge in [0, 0.05) is 11.6 Å². The largest absolute Gasteiger partial charge is 0.497 e. The molecular weight excluding hydrogens is 374 g/mol. The second-order valence-corrected chi connectivity index (χ2v) is 8.66. The van der Waals surface area contributed by atoms with Crippen LogP contribution < -0.4 is 4.74 Å². The molecular formula is C19H20ClNO4S. The van der Waals surface area contributed by atoms with Gasteiger partial charge in [-0.05, 0) is 54.8 Å². The van der Waals surface area contributed by atoms with Crippen molar-refractivity contribution in [2.45, 2.75) is 23.8 Å². The summed E-state index contributed by atoms with van der Waals surface area (Å²) >= 11 is 5.80. The predicted octanol–water partition coefficient (Wildman–Crippen LogP) is 3.49. The molecule has 1 unspecified atom stereocenters. The fraction of sp³-hybridized carbons (Fsp3) is 0.316. The van der Waals surface area contributed by atoms with Crippen molar-refractivity contribution in [3.63, 3.8) is 0 Å². The average molecular weight is 394 g/mol. The first-order valence-electron chi connectivity index (χ1n) is 8.32. The Balaban J connectivity index is 1.76. The van der Waals surface area contributed by atoms with E-state index >= 15 is 0 Å². The summed E-state index contributed by atoms with van der Waals surface area (Å²) in [5, 5.41) is 0.453. The lowest BCUT2D eigenvalue weighted by Gasteiger charge is -2.25.